The first-order valence-electron chi connectivity index (χ1n) is 12.0. The highest BCUT2D eigenvalue weighted by Gasteiger charge is 2.32. The van der Waals surface area contributed by atoms with E-state index in [1.807, 2.05) is 12.1 Å². The van der Waals surface area contributed by atoms with Gasteiger partial charge in [0.25, 0.3) is 11.8 Å². The predicted molar refractivity (Wildman–Crippen MR) is 142 cm³/mol. The van der Waals surface area contributed by atoms with Gasteiger partial charge in [0.1, 0.15) is 11.5 Å². The second kappa shape index (κ2) is 10.8. The van der Waals surface area contributed by atoms with Crippen LogP contribution in [0.5, 0.6) is 0 Å². The molecule has 0 saturated heterocycles. The van der Waals surface area contributed by atoms with Crippen molar-refractivity contribution >= 4 is 17.8 Å². The van der Waals surface area contributed by atoms with Crippen molar-refractivity contribution in [3.8, 4) is 11.1 Å². The molecule has 0 aliphatic carbocycles. The Morgan fingerprint density at radius 3 is 2.29 bits per heavy atom. The molecule has 3 nitrogen and oxygen atoms in total. The second-order valence-electron chi connectivity index (χ2n) is 9.17. The molecule has 3 aromatic rings. The molecule has 0 saturated carbocycles. The van der Waals surface area contributed by atoms with Gasteiger partial charge in [-0.2, -0.15) is 0 Å². The number of alkyl halides is 4. The lowest BCUT2D eigenvalue weighted by molar-refractivity contribution is 0.0110. The Bertz CT molecular complexity index is 1460. The predicted octanol–water partition coefficient (Wildman–Crippen LogP) is 8.13. The minimum atomic E-state index is -3.30. The molecule has 1 heterocycles. The van der Waals surface area contributed by atoms with Gasteiger partial charge < -0.3 is 0 Å². The molecule has 0 unspecified atom stereocenters. The molecule has 0 fully saturated rings. The highest BCUT2D eigenvalue weighted by molar-refractivity contribution is 6.42. The molecule has 4 rings (SSSR count). The fourth-order valence-electron chi connectivity index (χ4n) is 4.20. The van der Waals surface area contributed by atoms with Gasteiger partial charge in [0.15, 0.2) is 5.84 Å². The number of aryl methyl sites for hydroxylation is 1. The monoisotopic (exact) mass is 523 g/mol. The van der Waals surface area contributed by atoms with Crippen LogP contribution in [-0.4, -0.2) is 24.8 Å². The number of aliphatic imine (C=N–C) groups is 3. The molecular formula is C30H26F5N3. The van der Waals surface area contributed by atoms with Crippen LogP contribution < -0.4 is 0 Å². The summed E-state index contributed by atoms with van der Waals surface area (Å²) in [5, 5.41) is 0. The van der Waals surface area contributed by atoms with E-state index < -0.39 is 28.8 Å². The molecule has 0 amide bonds. The summed E-state index contributed by atoms with van der Waals surface area (Å²) in [6.45, 7) is 1.39. The molecule has 0 radical (unpaired) electrons. The van der Waals surface area contributed by atoms with Gasteiger partial charge in [-0.05, 0) is 47.7 Å². The van der Waals surface area contributed by atoms with E-state index in [0.29, 0.717) is 49.2 Å². The van der Waals surface area contributed by atoms with E-state index in [0.717, 1.165) is 11.6 Å². The molecule has 0 spiro atoms. The molecule has 196 valence electrons. The highest BCUT2D eigenvalue weighted by atomic mass is 19.3. The summed E-state index contributed by atoms with van der Waals surface area (Å²) in [5.74, 6) is -6.69. The van der Waals surface area contributed by atoms with Crippen molar-refractivity contribution in [3.05, 3.63) is 107 Å². The summed E-state index contributed by atoms with van der Waals surface area (Å²) in [6, 6.07) is 16.7. The number of rotatable bonds is 8. The standard InChI is InChI=1S/C30H26F5N3/c1-29(32,33)21-14-15-22(24(17-21)30(2,34)35)20-10-6-8-19(16-20)9-7-13-26-27(18-36-3)38-28(37-26)23-11-4-5-12-25(23)31/h4-6,8,10-18H,7,9H2,1-3H3/b26-13+,36-18?. The van der Waals surface area contributed by atoms with Gasteiger partial charge in [-0.25, -0.2) is 31.9 Å². The van der Waals surface area contributed by atoms with E-state index in [1.165, 1.54) is 18.2 Å². The van der Waals surface area contributed by atoms with E-state index in [2.05, 4.69) is 15.0 Å². The summed E-state index contributed by atoms with van der Waals surface area (Å²) in [7, 11) is 1.61. The van der Waals surface area contributed by atoms with Gasteiger partial charge in [-0.1, -0.05) is 54.6 Å². The third-order valence-electron chi connectivity index (χ3n) is 6.09. The molecule has 0 aromatic heterocycles. The zero-order valence-electron chi connectivity index (χ0n) is 21.2. The summed E-state index contributed by atoms with van der Waals surface area (Å²) < 4.78 is 70.7. The molecule has 1 aliphatic rings. The van der Waals surface area contributed by atoms with Crippen molar-refractivity contribution in [2.75, 3.05) is 7.05 Å². The maximum atomic E-state index is 14.4. The zero-order chi connectivity index (χ0) is 27.5. The molecule has 8 heteroatoms. The molecule has 38 heavy (non-hydrogen) atoms. The zero-order valence-corrected chi connectivity index (χ0v) is 21.2. The quantitative estimate of drug-likeness (QED) is 0.211. The number of halogens is 5. The van der Waals surface area contributed by atoms with Crippen LogP contribution in [-0.2, 0) is 18.3 Å². The van der Waals surface area contributed by atoms with Crippen LogP contribution in [0.15, 0.2) is 93.5 Å². The lowest BCUT2D eigenvalue weighted by atomic mass is 9.91. The summed E-state index contributed by atoms with van der Waals surface area (Å²) in [6.07, 6.45) is 4.52. The minimum Gasteiger partial charge on any atom is -0.294 e. The summed E-state index contributed by atoms with van der Waals surface area (Å²) >= 11 is 0. The number of hydrogen-bond donors (Lipinski definition) is 0. The minimum absolute atomic E-state index is 0.203. The third-order valence-corrected chi connectivity index (χ3v) is 6.09. The Hall–Kier alpha value is -3.94. The first-order valence-corrected chi connectivity index (χ1v) is 12.0. The lowest BCUT2D eigenvalue weighted by Gasteiger charge is -2.20. The van der Waals surface area contributed by atoms with E-state index in [-0.39, 0.29) is 11.4 Å². The van der Waals surface area contributed by atoms with Crippen molar-refractivity contribution < 1.29 is 22.0 Å². The van der Waals surface area contributed by atoms with Gasteiger partial charge in [0.2, 0.25) is 0 Å². The first-order chi connectivity index (χ1) is 18.0. The average Bonchev–Trinajstić information content (AvgIpc) is 3.25. The fourth-order valence-corrected chi connectivity index (χ4v) is 4.20. The fraction of sp³-hybridized carbons (Fsp3) is 0.233. The molecule has 0 N–H and O–H groups in total. The molecule has 0 bridgehead atoms. The van der Waals surface area contributed by atoms with E-state index >= 15 is 0 Å². The average molecular weight is 524 g/mol. The normalized spacial score (nSPS) is 15.3. The van der Waals surface area contributed by atoms with Crippen molar-refractivity contribution in [2.45, 2.75) is 38.5 Å². The first kappa shape index (κ1) is 27.1. The molecular weight excluding hydrogens is 497 g/mol. The molecule has 3 aromatic carbocycles. The van der Waals surface area contributed by atoms with Crippen LogP contribution in [0.25, 0.3) is 11.1 Å². The highest BCUT2D eigenvalue weighted by Crippen LogP contribution is 2.39. The van der Waals surface area contributed by atoms with Crippen LogP contribution >= 0.6 is 0 Å². The Morgan fingerprint density at radius 1 is 0.842 bits per heavy atom. The molecule has 0 atom stereocenters. The Balaban J connectivity index is 1.59. The number of benzene rings is 3. The Morgan fingerprint density at radius 2 is 1.61 bits per heavy atom. The van der Waals surface area contributed by atoms with Gasteiger partial charge in [-0.3, -0.25) is 4.99 Å². The van der Waals surface area contributed by atoms with Gasteiger partial charge in [0, 0.05) is 38.2 Å². The summed E-state index contributed by atoms with van der Waals surface area (Å²) in [5.41, 5.74) is 2.05. The van der Waals surface area contributed by atoms with E-state index in [1.54, 1.807) is 49.7 Å². The van der Waals surface area contributed by atoms with Crippen molar-refractivity contribution in [3.63, 3.8) is 0 Å². The van der Waals surface area contributed by atoms with Crippen molar-refractivity contribution in [1.82, 2.24) is 0 Å². The van der Waals surface area contributed by atoms with Crippen LogP contribution in [0.3, 0.4) is 0 Å². The summed E-state index contributed by atoms with van der Waals surface area (Å²) in [4.78, 5) is 12.9. The van der Waals surface area contributed by atoms with Gasteiger partial charge in [0.05, 0.1) is 11.3 Å². The van der Waals surface area contributed by atoms with Crippen molar-refractivity contribution in [1.29, 1.82) is 0 Å². The van der Waals surface area contributed by atoms with Gasteiger partial charge in [-0.15, -0.1) is 0 Å². The number of nitrogens with zero attached hydrogens (tertiary/aromatic N) is 3. The van der Waals surface area contributed by atoms with Crippen LogP contribution in [0.1, 0.15) is 42.5 Å². The maximum absolute atomic E-state index is 14.4. The largest absolute Gasteiger partial charge is 0.294 e. The maximum Gasteiger partial charge on any atom is 0.271 e. The number of amidine groups is 1. The molecule has 1 aliphatic heterocycles. The second-order valence-corrected chi connectivity index (χ2v) is 9.17. The van der Waals surface area contributed by atoms with Crippen LogP contribution in [0.2, 0.25) is 0 Å². The topological polar surface area (TPSA) is 37.1 Å². The smallest absolute Gasteiger partial charge is 0.271 e. The van der Waals surface area contributed by atoms with Crippen molar-refractivity contribution in [2.24, 2.45) is 15.0 Å². The Kier molecular flexibility index (Phi) is 7.71. The number of hydrogen-bond acceptors (Lipinski definition) is 3. The Labute approximate surface area is 218 Å². The SMILES string of the molecule is CN=CC1=NC(c2ccccc2F)=N/C1=C/CCc1cccc(-c2ccc(C(C)(F)F)cc2C(C)(F)F)c1. The van der Waals surface area contributed by atoms with E-state index in [9.17, 15) is 22.0 Å². The van der Waals surface area contributed by atoms with Crippen LogP contribution in [0, 0.1) is 5.82 Å². The third kappa shape index (κ3) is 6.13. The lowest BCUT2D eigenvalue weighted by Crippen LogP contribution is -2.13. The number of allylic oxidation sites excluding steroid dienone is 2. The van der Waals surface area contributed by atoms with Crippen LogP contribution in [0.4, 0.5) is 22.0 Å². The van der Waals surface area contributed by atoms with Gasteiger partial charge >= 0.3 is 0 Å². The van der Waals surface area contributed by atoms with E-state index in [4.69, 9.17) is 0 Å².